The average Bonchev–Trinajstić information content (AvgIpc) is 0.722. The Kier molecular flexibility index (Phi) is 10.5. The van der Waals surface area contributed by atoms with E-state index in [-0.39, 0.29) is 26.0 Å². The summed E-state index contributed by atoms with van der Waals surface area (Å²) >= 11 is 0. The van der Waals surface area contributed by atoms with E-state index < -0.39 is 0 Å². The third kappa shape index (κ3) is 456. The van der Waals surface area contributed by atoms with E-state index in [0.717, 1.165) is 4.48 Å². The van der Waals surface area contributed by atoms with E-state index in [9.17, 15) is 0 Å². The second kappa shape index (κ2) is 4.70. The smallest absolute Gasteiger partial charge is 0.0675 e. The van der Waals surface area contributed by atoms with Gasteiger partial charge >= 0.3 is 0 Å². The Bertz CT molecular complexity index is 23.6. The molecule has 0 spiro atoms. The monoisotopic (exact) mass is 141 g/mol. The Labute approximate surface area is 59.2 Å². The van der Waals surface area contributed by atoms with Crippen molar-refractivity contribution in [1.29, 1.82) is 0 Å². The molecule has 0 fully saturated rings. The number of hydrogen-bond acceptors (Lipinski definition) is 0. The average molecular weight is 141 g/mol. The Morgan fingerprint density at radius 3 is 0.857 bits per heavy atom. The van der Waals surface area contributed by atoms with Gasteiger partial charge < -0.3 is 4.48 Å². The first-order valence-corrected chi connectivity index (χ1v) is 1.79. The van der Waals surface area contributed by atoms with E-state index in [1.54, 1.807) is 0 Å². The van der Waals surface area contributed by atoms with Crippen LogP contribution in [0.3, 0.4) is 0 Å². The molecule has 0 aliphatic carbocycles. The van der Waals surface area contributed by atoms with Crippen LogP contribution in [0.2, 0.25) is 0 Å². The van der Waals surface area contributed by atoms with Gasteiger partial charge in [-0.1, -0.05) is 7.43 Å². The number of hydrogen-bond donors (Lipinski definition) is 0. The Hall–Kier alpha value is 0.544. The molecule has 0 atom stereocenters. The largest absolute Gasteiger partial charge is 0.333 e. The van der Waals surface area contributed by atoms with Crippen molar-refractivity contribution in [2.45, 2.75) is 7.43 Å². The quantitative estimate of drug-likeness (QED) is 0.441. The summed E-state index contributed by atoms with van der Waals surface area (Å²) in [6, 6.07) is 0. The van der Waals surface area contributed by atoms with Gasteiger partial charge in [-0.2, -0.15) is 0 Å². The van der Waals surface area contributed by atoms with Crippen molar-refractivity contribution in [3.63, 3.8) is 0 Å². The molecule has 0 N–H and O–H groups in total. The second-order valence-electron chi connectivity index (χ2n) is 2.68. The molecule has 0 aromatic rings. The summed E-state index contributed by atoms with van der Waals surface area (Å²) in [5.74, 6) is 0. The minimum Gasteiger partial charge on any atom is -0.333 e. The predicted molar refractivity (Wildman–Crippen MR) is 30.7 cm³/mol. The topological polar surface area (TPSA) is 0 Å². The molecular weight excluding hydrogens is 125 g/mol. The molecular formula is C5H16NV+. The summed E-state index contributed by atoms with van der Waals surface area (Å²) in [7, 11) is 8.50. The van der Waals surface area contributed by atoms with Crippen LogP contribution in [0, 0.1) is 0 Å². The van der Waals surface area contributed by atoms with Gasteiger partial charge in [0.25, 0.3) is 0 Å². The number of rotatable bonds is 0. The number of quaternary nitrogens is 1. The van der Waals surface area contributed by atoms with Gasteiger partial charge in [-0.15, -0.1) is 0 Å². The van der Waals surface area contributed by atoms with Gasteiger partial charge in [-0.25, -0.2) is 0 Å². The molecule has 2 heteroatoms. The molecule has 7 heavy (non-hydrogen) atoms. The molecule has 0 saturated heterocycles. The zero-order valence-electron chi connectivity index (χ0n) is 4.89. The molecule has 45 valence electrons. The predicted octanol–water partition coefficient (Wildman–Crippen LogP) is 0.956. The van der Waals surface area contributed by atoms with Gasteiger partial charge in [-0.05, 0) is 0 Å². The minimum absolute atomic E-state index is 0. The van der Waals surface area contributed by atoms with Crippen LogP contribution in [-0.2, 0) is 18.6 Å². The fourth-order valence-electron chi connectivity index (χ4n) is 0. The van der Waals surface area contributed by atoms with Crippen LogP contribution >= 0.6 is 0 Å². The van der Waals surface area contributed by atoms with Crippen LogP contribution in [0.25, 0.3) is 0 Å². The summed E-state index contributed by atoms with van der Waals surface area (Å²) in [4.78, 5) is 0. The van der Waals surface area contributed by atoms with Gasteiger partial charge in [-0.3, -0.25) is 0 Å². The molecule has 0 aromatic carbocycles. The molecule has 0 amide bonds. The van der Waals surface area contributed by atoms with E-state index in [0.29, 0.717) is 0 Å². The molecule has 0 unspecified atom stereocenters. The van der Waals surface area contributed by atoms with Crippen molar-refractivity contribution in [2.75, 3.05) is 28.2 Å². The summed E-state index contributed by atoms with van der Waals surface area (Å²) in [5, 5.41) is 0. The van der Waals surface area contributed by atoms with Crippen LogP contribution in [0.5, 0.6) is 0 Å². The third-order valence-corrected chi connectivity index (χ3v) is 0. The summed E-state index contributed by atoms with van der Waals surface area (Å²) in [6.07, 6.45) is 0. The molecule has 0 heterocycles. The van der Waals surface area contributed by atoms with Gasteiger partial charge in [0, 0.05) is 18.6 Å². The Morgan fingerprint density at radius 2 is 0.857 bits per heavy atom. The molecule has 0 aliphatic heterocycles. The molecule has 0 aliphatic rings. The maximum atomic E-state index is 2.12. The van der Waals surface area contributed by atoms with Crippen molar-refractivity contribution in [2.24, 2.45) is 0 Å². The summed E-state index contributed by atoms with van der Waals surface area (Å²) in [6.45, 7) is 0. The Morgan fingerprint density at radius 1 is 0.857 bits per heavy atom. The van der Waals surface area contributed by atoms with Crippen molar-refractivity contribution in [1.82, 2.24) is 0 Å². The molecule has 0 saturated carbocycles. The first-order valence-electron chi connectivity index (χ1n) is 1.79. The van der Waals surface area contributed by atoms with E-state index in [4.69, 9.17) is 0 Å². The van der Waals surface area contributed by atoms with Crippen molar-refractivity contribution < 1.29 is 23.0 Å². The number of nitrogens with zero attached hydrogens (tertiary/aromatic N) is 1. The molecule has 1 radical (unpaired) electrons. The van der Waals surface area contributed by atoms with Gasteiger partial charge in [0.05, 0.1) is 28.2 Å². The summed E-state index contributed by atoms with van der Waals surface area (Å²) in [5.41, 5.74) is 0. The van der Waals surface area contributed by atoms with E-state index in [1.165, 1.54) is 0 Å². The zero-order chi connectivity index (χ0) is 4.50. The van der Waals surface area contributed by atoms with Crippen LogP contribution in [-0.4, -0.2) is 32.7 Å². The minimum atomic E-state index is 0. The van der Waals surface area contributed by atoms with Crippen molar-refractivity contribution in [3.05, 3.63) is 0 Å². The standard InChI is InChI=1S/C4H12N.CH4.V/c1-5(2,3)4;;/h1-4H3;1H4;/q+1;;. The SMILES string of the molecule is C.C[N+](C)(C)C.[V]. The maximum Gasteiger partial charge on any atom is 0.0675 e. The maximum absolute atomic E-state index is 2.12. The molecule has 0 aromatic heterocycles. The van der Waals surface area contributed by atoms with Crippen molar-refractivity contribution >= 4 is 0 Å². The van der Waals surface area contributed by atoms with Gasteiger partial charge in [0.2, 0.25) is 0 Å². The molecule has 0 bridgehead atoms. The third-order valence-electron chi connectivity index (χ3n) is 0. The van der Waals surface area contributed by atoms with Gasteiger partial charge in [0.1, 0.15) is 0 Å². The Balaban J connectivity index is -0.0000000800. The van der Waals surface area contributed by atoms with E-state index in [1.807, 2.05) is 0 Å². The van der Waals surface area contributed by atoms with Gasteiger partial charge in [0.15, 0.2) is 0 Å². The van der Waals surface area contributed by atoms with Crippen LogP contribution in [0.1, 0.15) is 7.43 Å². The zero-order valence-corrected chi connectivity index (χ0v) is 6.29. The van der Waals surface area contributed by atoms with Crippen LogP contribution < -0.4 is 0 Å². The first kappa shape index (κ1) is 15.6. The molecule has 1 nitrogen and oxygen atoms in total. The normalized spacial score (nSPS) is 8.57. The van der Waals surface area contributed by atoms with Crippen molar-refractivity contribution in [3.8, 4) is 0 Å². The summed E-state index contributed by atoms with van der Waals surface area (Å²) < 4.78 is 1.00. The van der Waals surface area contributed by atoms with E-state index >= 15 is 0 Å². The first-order chi connectivity index (χ1) is 2.00. The fraction of sp³-hybridized carbons (Fsp3) is 1.00. The molecule has 0 rings (SSSR count). The van der Waals surface area contributed by atoms with Crippen LogP contribution in [0.15, 0.2) is 0 Å². The van der Waals surface area contributed by atoms with Crippen LogP contribution in [0.4, 0.5) is 0 Å². The second-order valence-corrected chi connectivity index (χ2v) is 2.68. The fourth-order valence-corrected chi connectivity index (χ4v) is 0. The van der Waals surface area contributed by atoms with E-state index in [2.05, 4.69) is 28.2 Å².